The standard InChI is InChI=1S/C12H6Cl2N2O2S/c13-9-3-7(11(14)19-9)8-5-16-4-6(12(17)18)1-2-10(16)15-8/h1-5H,(H,17,18). The average molecular weight is 313 g/mol. The van der Waals surface area contributed by atoms with Gasteiger partial charge in [0.1, 0.15) is 9.98 Å². The summed E-state index contributed by atoms with van der Waals surface area (Å²) in [6.07, 6.45) is 3.24. The topological polar surface area (TPSA) is 54.6 Å². The quantitative estimate of drug-likeness (QED) is 0.776. The number of pyridine rings is 1. The SMILES string of the molecule is O=C(O)c1ccc2nc(-c3cc(Cl)sc3Cl)cn2c1. The number of carboxylic acids is 1. The molecule has 0 aromatic carbocycles. The summed E-state index contributed by atoms with van der Waals surface area (Å²) in [5.41, 5.74) is 2.26. The van der Waals surface area contributed by atoms with Crippen molar-refractivity contribution in [2.45, 2.75) is 0 Å². The van der Waals surface area contributed by atoms with Crippen molar-refractivity contribution >= 4 is 46.2 Å². The zero-order valence-corrected chi connectivity index (χ0v) is 11.6. The van der Waals surface area contributed by atoms with Crippen LogP contribution in [0.2, 0.25) is 8.67 Å². The Morgan fingerprint density at radius 2 is 2.11 bits per heavy atom. The molecule has 0 aliphatic carbocycles. The van der Waals surface area contributed by atoms with Gasteiger partial charge in [-0.3, -0.25) is 0 Å². The number of carboxylic acid groups (broad SMARTS) is 1. The molecule has 96 valence electrons. The molecule has 19 heavy (non-hydrogen) atoms. The van der Waals surface area contributed by atoms with E-state index in [1.54, 1.807) is 22.7 Å². The van der Waals surface area contributed by atoms with Gasteiger partial charge < -0.3 is 9.51 Å². The maximum Gasteiger partial charge on any atom is 0.337 e. The molecule has 4 nitrogen and oxygen atoms in total. The number of imidazole rings is 1. The van der Waals surface area contributed by atoms with Crippen LogP contribution in [0.15, 0.2) is 30.6 Å². The van der Waals surface area contributed by atoms with Gasteiger partial charge in [-0.25, -0.2) is 9.78 Å². The lowest BCUT2D eigenvalue weighted by Gasteiger charge is -1.95. The molecule has 0 aliphatic heterocycles. The van der Waals surface area contributed by atoms with Gasteiger partial charge in [0.15, 0.2) is 0 Å². The molecule has 0 amide bonds. The first-order valence-corrected chi connectivity index (χ1v) is 6.79. The second kappa shape index (κ2) is 4.52. The predicted molar refractivity (Wildman–Crippen MR) is 75.5 cm³/mol. The second-order valence-electron chi connectivity index (χ2n) is 3.85. The van der Waals surface area contributed by atoms with Crippen molar-refractivity contribution in [2.75, 3.05) is 0 Å². The van der Waals surface area contributed by atoms with Crippen LogP contribution in [-0.4, -0.2) is 20.5 Å². The monoisotopic (exact) mass is 312 g/mol. The average Bonchev–Trinajstić information content (AvgIpc) is 2.90. The maximum absolute atomic E-state index is 10.9. The summed E-state index contributed by atoms with van der Waals surface area (Å²) >= 11 is 13.3. The van der Waals surface area contributed by atoms with E-state index in [0.717, 1.165) is 5.56 Å². The molecule has 0 spiro atoms. The van der Waals surface area contributed by atoms with Crippen LogP contribution in [0.1, 0.15) is 10.4 Å². The number of hydrogen-bond donors (Lipinski definition) is 1. The van der Waals surface area contributed by atoms with Gasteiger partial charge in [-0.2, -0.15) is 0 Å². The Balaban J connectivity index is 2.16. The molecule has 1 N–H and O–H groups in total. The van der Waals surface area contributed by atoms with E-state index < -0.39 is 5.97 Å². The smallest absolute Gasteiger partial charge is 0.337 e. The van der Waals surface area contributed by atoms with Crippen molar-refractivity contribution in [1.82, 2.24) is 9.38 Å². The van der Waals surface area contributed by atoms with Crippen LogP contribution in [0.25, 0.3) is 16.9 Å². The van der Waals surface area contributed by atoms with E-state index >= 15 is 0 Å². The number of aromatic carboxylic acids is 1. The lowest BCUT2D eigenvalue weighted by molar-refractivity contribution is 0.0696. The fourth-order valence-corrected chi connectivity index (χ4v) is 3.24. The predicted octanol–water partition coefficient (Wildman–Crippen LogP) is 4.07. The molecule has 0 bridgehead atoms. The molecule has 0 radical (unpaired) electrons. The minimum absolute atomic E-state index is 0.200. The second-order valence-corrected chi connectivity index (χ2v) is 6.14. The van der Waals surface area contributed by atoms with Crippen LogP contribution in [0.5, 0.6) is 0 Å². The molecular formula is C12H6Cl2N2O2S. The van der Waals surface area contributed by atoms with E-state index in [2.05, 4.69) is 4.98 Å². The van der Waals surface area contributed by atoms with E-state index in [0.29, 0.717) is 20.0 Å². The molecule has 7 heteroatoms. The Morgan fingerprint density at radius 1 is 1.32 bits per heavy atom. The summed E-state index contributed by atoms with van der Waals surface area (Å²) in [6.45, 7) is 0. The van der Waals surface area contributed by atoms with E-state index in [1.807, 2.05) is 0 Å². The summed E-state index contributed by atoms with van der Waals surface area (Å²) < 4.78 is 2.80. The third-order valence-corrected chi connectivity index (χ3v) is 4.12. The first-order valence-electron chi connectivity index (χ1n) is 5.22. The minimum Gasteiger partial charge on any atom is -0.478 e. The summed E-state index contributed by atoms with van der Waals surface area (Å²) in [4.78, 5) is 15.3. The summed E-state index contributed by atoms with van der Waals surface area (Å²) in [6, 6.07) is 4.90. The van der Waals surface area contributed by atoms with E-state index in [9.17, 15) is 4.79 Å². The third kappa shape index (κ3) is 2.20. The Hall–Kier alpha value is -1.56. The number of carbonyl (C=O) groups is 1. The van der Waals surface area contributed by atoms with Gasteiger partial charge in [0.2, 0.25) is 0 Å². The Labute approximate surface area is 121 Å². The van der Waals surface area contributed by atoms with Crippen LogP contribution in [0.3, 0.4) is 0 Å². The number of aromatic nitrogens is 2. The zero-order chi connectivity index (χ0) is 13.6. The molecule has 3 aromatic heterocycles. The van der Waals surface area contributed by atoms with Crippen molar-refractivity contribution < 1.29 is 9.90 Å². The van der Waals surface area contributed by atoms with Gasteiger partial charge in [-0.15, -0.1) is 11.3 Å². The first-order chi connectivity index (χ1) is 9.04. The van der Waals surface area contributed by atoms with E-state index in [4.69, 9.17) is 28.3 Å². The van der Waals surface area contributed by atoms with Crippen LogP contribution >= 0.6 is 34.5 Å². The summed E-state index contributed by atoms with van der Waals surface area (Å²) in [7, 11) is 0. The summed E-state index contributed by atoms with van der Waals surface area (Å²) in [5, 5.41) is 8.94. The van der Waals surface area contributed by atoms with Gasteiger partial charge >= 0.3 is 5.97 Å². The molecule has 0 saturated carbocycles. The van der Waals surface area contributed by atoms with Crippen molar-refractivity contribution in [3.63, 3.8) is 0 Å². The van der Waals surface area contributed by atoms with Crippen molar-refractivity contribution in [2.24, 2.45) is 0 Å². The highest BCUT2D eigenvalue weighted by molar-refractivity contribution is 7.20. The molecule has 0 saturated heterocycles. The fourth-order valence-electron chi connectivity index (χ4n) is 1.76. The highest BCUT2D eigenvalue weighted by Gasteiger charge is 2.13. The molecular weight excluding hydrogens is 307 g/mol. The van der Waals surface area contributed by atoms with Gasteiger partial charge in [0.25, 0.3) is 0 Å². The molecule has 0 aliphatic rings. The molecule has 0 atom stereocenters. The number of halogens is 2. The summed E-state index contributed by atoms with van der Waals surface area (Å²) in [5.74, 6) is -0.978. The van der Waals surface area contributed by atoms with Crippen LogP contribution in [0, 0.1) is 0 Å². The Bertz CT molecular complexity index is 794. The van der Waals surface area contributed by atoms with Gasteiger partial charge in [-0.1, -0.05) is 23.2 Å². The zero-order valence-electron chi connectivity index (χ0n) is 9.30. The van der Waals surface area contributed by atoms with Crippen LogP contribution in [-0.2, 0) is 0 Å². The van der Waals surface area contributed by atoms with Crippen molar-refractivity contribution in [1.29, 1.82) is 0 Å². The van der Waals surface area contributed by atoms with E-state index in [1.165, 1.54) is 23.6 Å². The maximum atomic E-state index is 10.9. The normalized spacial score (nSPS) is 11.1. The first kappa shape index (κ1) is 12.5. The fraction of sp³-hybridized carbons (Fsp3) is 0. The highest BCUT2D eigenvalue weighted by atomic mass is 35.5. The van der Waals surface area contributed by atoms with Crippen LogP contribution < -0.4 is 0 Å². The van der Waals surface area contributed by atoms with Crippen molar-refractivity contribution in [3.8, 4) is 11.3 Å². The van der Waals surface area contributed by atoms with Crippen LogP contribution in [0.4, 0.5) is 0 Å². The Morgan fingerprint density at radius 3 is 2.74 bits per heavy atom. The van der Waals surface area contributed by atoms with E-state index in [-0.39, 0.29) is 5.56 Å². The third-order valence-electron chi connectivity index (χ3n) is 2.63. The number of thiophene rings is 1. The number of rotatable bonds is 2. The molecule has 3 aromatic rings. The van der Waals surface area contributed by atoms with Crippen molar-refractivity contribution in [3.05, 3.63) is 44.8 Å². The molecule has 0 unspecified atom stereocenters. The lowest BCUT2D eigenvalue weighted by atomic mass is 10.3. The highest BCUT2D eigenvalue weighted by Crippen LogP contribution is 2.37. The minimum atomic E-state index is -0.978. The lowest BCUT2D eigenvalue weighted by Crippen LogP contribution is -1.97. The largest absolute Gasteiger partial charge is 0.478 e. The van der Waals surface area contributed by atoms with Gasteiger partial charge in [0, 0.05) is 18.0 Å². The molecule has 0 fully saturated rings. The van der Waals surface area contributed by atoms with Gasteiger partial charge in [0.05, 0.1) is 15.6 Å². The molecule has 3 heterocycles. The molecule has 3 rings (SSSR count). The number of nitrogens with zero attached hydrogens (tertiary/aromatic N) is 2. The van der Waals surface area contributed by atoms with Gasteiger partial charge in [-0.05, 0) is 18.2 Å². The number of hydrogen-bond acceptors (Lipinski definition) is 3. The Kier molecular flexibility index (Phi) is 2.97. The number of fused-ring (bicyclic) bond motifs is 1.